The third-order valence-corrected chi connectivity index (χ3v) is 4.63. The number of nitrogens with zero attached hydrogens (tertiary/aromatic N) is 1. The molecule has 0 aromatic carbocycles. The molecule has 0 unspecified atom stereocenters. The minimum atomic E-state index is 0.428. The van der Waals surface area contributed by atoms with E-state index >= 15 is 0 Å². The Balaban J connectivity index is 1.73. The van der Waals surface area contributed by atoms with Gasteiger partial charge in [0, 0.05) is 19.2 Å². The lowest BCUT2D eigenvalue weighted by Crippen LogP contribution is -2.15. The van der Waals surface area contributed by atoms with E-state index in [-0.39, 0.29) is 0 Å². The van der Waals surface area contributed by atoms with Crippen LogP contribution in [0.3, 0.4) is 0 Å². The second-order valence-corrected chi connectivity index (χ2v) is 7.89. The first-order valence-electron chi connectivity index (χ1n) is 11.6. The fourth-order valence-corrected chi connectivity index (χ4v) is 2.98. The van der Waals surface area contributed by atoms with Gasteiger partial charge in [-0.05, 0) is 22.6 Å². The SMILES string of the molecule is C#Cc1cc(OCCOCCOCCOCCOCCOCCOCCOCCOC)cc(I)n1. The van der Waals surface area contributed by atoms with Gasteiger partial charge in [-0.1, -0.05) is 5.92 Å². The molecule has 0 radical (unpaired) electrons. The third kappa shape index (κ3) is 20.8. The molecule has 1 aromatic rings. The van der Waals surface area contributed by atoms with Crippen LogP contribution in [-0.2, 0) is 37.9 Å². The highest BCUT2D eigenvalue weighted by Crippen LogP contribution is 2.15. The van der Waals surface area contributed by atoms with Crippen molar-refractivity contribution in [1.82, 2.24) is 4.98 Å². The van der Waals surface area contributed by atoms with E-state index in [2.05, 4.69) is 33.5 Å². The van der Waals surface area contributed by atoms with Gasteiger partial charge in [-0.25, -0.2) is 4.98 Å². The topological polar surface area (TPSA) is 96.0 Å². The summed E-state index contributed by atoms with van der Waals surface area (Å²) in [5.41, 5.74) is 0.553. The van der Waals surface area contributed by atoms with E-state index in [1.807, 2.05) is 6.07 Å². The summed E-state index contributed by atoms with van der Waals surface area (Å²) in [7, 11) is 1.64. The van der Waals surface area contributed by atoms with Crippen LogP contribution in [0.5, 0.6) is 5.75 Å². The Hall–Kier alpha value is -1.08. The van der Waals surface area contributed by atoms with E-state index in [1.54, 1.807) is 13.2 Å². The molecule has 0 N–H and O–H groups in total. The average Bonchev–Trinajstić information content (AvgIpc) is 2.86. The van der Waals surface area contributed by atoms with E-state index in [9.17, 15) is 0 Å². The number of aromatic nitrogens is 1. The van der Waals surface area contributed by atoms with Crippen molar-refractivity contribution in [2.75, 3.05) is 113 Å². The third-order valence-electron chi connectivity index (χ3n) is 4.08. The predicted octanol–water partition coefficient (Wildman–Crippen LogP) is 1.81. The van der Waals surface area contributed by atoms with Gasteiger partial charge in [0.25, 0.3) is 0 Å². The van der Waals surface area contributed by atoms with Gasteiger partial charge < -0.3 is 42.6 Å². The molecule has 0 aliphatic heterocycles. The molecule has 1 rings (SSSR count). The maximum absolute atomic E-state index is 5.62. The first-order chi connectivity index (χ1) is 17.3. The number of hydrogen-bond acceptors (Lipinski definition) is 10. The number of pyridine rings is 1. The summed E-state index contributed by atoms with van der Waals surface area (Å²) in [6.07, 6.45) is 5.37. The standard InChI is InChI=1S/C24H38INO9/c1-3-22-20-23(21-24(25)26-22)35-19-18-34-17-16-33-15-14-32-13-12-31-11-10-30-9-8-29-7-6-28-5-4-27-2/h1,20-21H,4-19H2,2H3. The van der Waals surface area contributed by atoms with E-state index in [1.165, 1.54) is 0 Å². The van der Waals surface area contributed by atoms with Gasteiger partial charge in [0.1, 0.15) is 21.8 Å². The molecular formula is C24H38INO9. The van der Waals surface area contributed by atoms with Crippen LogP contribution in [0.1, 0.15) is 5.69 Å². The molecule has 0 aliphatic carbocycles. The van der Waals surface area contributed by atoms with Crippen molar-refractivity contribution < 1.29 is 42.6 Å². The molecule has 200 valence electrons. The number of rotatable bonds is 25. The summed E-state index contributed by atoms with van der Waals surface area (Å²) < 4.78 is 49.2. The van der Waals surface area contributed by atoms with Crippen LogP contribution in [0.4, 0.5) is 0 Å². The van der Waals surface area contributed by atoms with Gasteiger partial charge in [0.2, 0.25) is 0 Å². The lowest BCUT2D eigenvalue weighted by atomic mass is 10.3. The van der Waals surface area contributed by atoms with E-state index in [4.69, 9.17) is 49.1 Å². The summed E-state index contributed by atoms with van der Waals surface area (Å²) in [6, 6.07) is 3.55. The highest BCUT2D eigenvalue weighted by Gasteiger charge is 2.00. The molecule has 10 nitrogen and oxygen atoms in total. The molecule has 11 heteroatoms. The maximum atomic E-state index is 5.62. The molecule has 0 aliphatic rings. The minimum Gasteiger partial charge on any atom is -0.491 e. The fraction of sp³-hybridized carbons (Fsp3) is 0.708. The Morgan fingerprint density at radius 1 is 0.629 bits per heavy atom. The quantitative estimate of drug-likeness (QED) is 0.0706. The Morgan fingerprint density at radius 2 is 1.00 bits per heavy atom. The van der Waals surface area contributed by atoms with Crippen molar-refractivity contribution in [3.05, 3.63) is 21.5 Å². The summed E-state index contributed by atoms with van der Waals surface area (Å²) >= 11 is 2.10. The van der Waals surface area contributed by atoms with Crippen molar-refractivity contribution >= 4 is 22.6 Å². The zero-order valence-electron chi connectivity index (χ0n) is 20.5. The van der Waals surface area contributed by atoms with Gasteiger partial charge in [-0.2, -0.15) is 0 Å². The molecule has 0 saturated carbocycles. The Kier molecular flexibility index (Phi) is 22.5. The van der Waals surface area contributed by atoms with Gasteiger partial charge in [-0.3, -0.25) is 0 Å². The second-order valence-electron chi connectivity index (χ2n) is 6.78. The number of halogens is 1. The van der Waals surface area contributed by atoms with Gasteiger partial charge in [0.05, 0.1) is 99.1 Å². The first-order valence-corrected chi connectivity index (χ1v) is 12.6. The molecule has 1 aromatic heterocycles. The minimum absolute atomic E-state index is 0.428. The molecule has 0 saturated heterocycles. The molecule has 0 bridgehead atoms. The molecule has 0 atom stereocenters. The zero-order chi connectivity index (χ0) is 25.2. The van der Waals surface area contributed by atoms with Crippen LogP contribution in [-0.4, -0.2) is 118 Å². The largest absolute Gasteiger partial charge is 0.491 e. The average molecular weight is 611 g/mol. The van der Waals surface area contributed by atoms with Crippen LogP contribution in [0.2, 0.25) is 0 Å². The van der Waals surface area contributed by atoms with E-state index in [0.29, 0.717) is 117 Å². The lowest BCUT2D eigenvalue weighted by Gasteiger charge is -2.09. The van der Waals surface area contributed by atoms with E-state index in [0.717, 1.165) is 3.70 Å². The van der Waals surface area contributed by atoms with Crippen molar-refractivity contribution in [2.24, 2.45) is 0 Å². The van der Waals surface area contributed by atoms with Gasteiger partial charge in [-0.15, -0.1) is 6.42 Å². The van der Waals surface area contributed by atoms with Crippen LogP contribution < -0.4 is 4.74 Å². The Bertz CT molecular complexity index is 660. The molecule has 35 heavy (non-hydrogen) atoms. The number of methoxy groups -OCH3 is 1. The molecule has 0 fully saturated rings. The zero-order valence-corrected chi connectivity index (χ0v) is 22.7. The number of hydrogen-bond donors (Lipinski definition) is 0. The van der Waals surface area contributed by atoms with Crippen molar-refractivity contribution in [3.63, 3.8) is 0 Å². The summed E-state index contributed by atoms with van der Waals surface area (Å²) in [5, 5.41) is 0. The van der Waals surface area contributed by atoms with Gasteiger partial charge in [0.15, 0.2) is 0 Å². The van der Waals surface area contributed by atoms with Crippen LogP contribution in [0.15, 0.2) is 12.1 Å². The smallest absolute Gasteiger partial charge is 0.124 e. The monoisotopic (exact) mass is 611 g/mol. The number of ether oxygens (including phenoxy) is 9. The first kappa shape index (κ1) is 31.9. The fourth-order valence-electron chi connectivity index (χ4n) is 2.41. The molecular weight excluding hydrogens is 573 g/mol. The lowest BCUT2D eigenvalue weighted by molar-refractivity contribution is -0.0227. The summed E-state index contributed by atoms with van der Waals surface area (Å²) in [6.45, 7) is 8.31. The summed E-state index contributed by atoms with van der Waals surface area (Å²) in [4.78, 5) is 4.19. The maximum Gasteiger partial charge on any atom is 0.124 e. The van der Waals surface area contributed by atoms with Crippen molar-refractivity contribution in [3.8, 4) is 18.1 Å². The van der Waals surface area contributed by atoms with Crippen molar-refractivity contribution in [2.45, 2.75) is 0 Å². The highest BCUT2D eigenvalue weighted by atomic mass is 127. The Labute approximate surface area is 222 Å². The normalized spacial score (nSPS) is 11.0. The number of terminal acetylenes is 1. The second kappa shape index (κ2) is 24.6. The molecule has 0 amide bonds. The Morgan fingerprint density at radius 3 is 1.37 bits per heavy atom. The van der Waals surface area contributed by atoms with Crippen LogP contribution in [0, 0.1) is 16.0 Å². The van der Waals surface area contributed by atoms with Crippen molar-refractivity contribution in [1.29, 1.82) is 0 Å². The van der Waals surface area contributed by atoms with E-state index < -0.39 is 0 Å². The van der Waals surface area contributed by atoms with Crippen LogP contribution in [0.25, 0.3) is 0 Å². The highest BCUT2D eigenvalue weighted by molar-refractivity contribution is 14.1. The van der Waals surface area contributed by atoms with Crippen LogP contribution >= 0.6 is 22.6 Å². The van der Waals surface area contributed by atoms with Gasteiger partial charge >= 0.3 is 0 Å². The predicted molar refractivity (Wildman–Crippen MR) is 138 cm³/mol. The molecule has 0 spiro atoms. The molecule has 1 heterocycles. The summed E-state index contributed by atoms with van der Waals surface area (Å²) in [5.74, 6) is 3.19.